The van der Waals surface area contributed by atoms with Crippen LogP contribution < -0.4 is 9.80 Å². The number of nitrogens with zero attached hydrogens (tertiary/aromatic N) is 2. The minimum Gasteiger partial charge on any atom is -0.452 e. The molecule has 8 heteroatoms. The summed E-state index contributed by atoms with van der Waals surface area (Å²) in [5.41, 5.74) is 4.31. The predicted octanol–water partition coefficient (Wildman–Crippen LogP) is 3.96. The van der Waals surface area contributed by atoms with Crippen molar-refractivity contribution in [2.75, 3.05) is 36.1 Å². The summed E-state index contributed by atoms with van der Waals surface area (Å²) in [4.78, 5) is 53.7. The van der Waals surface area contributed by atoms with Gasteiger partial charge in [0.25, 0.3) is 11.8 Å². The number of carbonyl (C=O) groups is 4. The van der Waals surface area contributed by atoms with Crippen molar-refractivity contribution < 1.29 is 28.7 Å². The Morgan fingerprint density at radius 1 is 0.579 bits per heavy atom. The van der Waals surface area contributed by atoms with E-state index in [1.807, 2.05) is 48.5 Å². The highest BCUT2D eigenvalue weighted by Crippen LogP contribution is 2.27. The Labute approximate surface area is 220 Å². The predicted molar refractivity (Wildman–Crippen MR) is 141 cm³/mol. The first kappa shape index (κ1) is 25.2. The Morgan fingerprint density at radius 2 is 0.974 bits per heavy atom. The van der Waals surface area contributed by atoms with Gasteiger partial charge in [0.15, 0.2) is 13.2 Å². The maximum absolute atomic E-state index is 12.7. The van der Waals surface area contributed by atoms with Gasteiger partial charge in [-0.05, 0) is 73.2 Å². The summed E-state index contributed by atoms with van der Waals surface area (Å²) in [5.74, 6) is -1.90. The fourth-order valence-corrected chi connectivity index (χ4v) is 4.90. The number of amides is 2. The summed E-state index contributed by atoms with van der Waals surface area (Å²) in [6.45, 7) is 0.408. The molecule has 2 aliphatic heterocycles. The van der Waals surface area contributed by atoms with Crippen LogP contribution in [0, 0.1) is 0 Å². The topological polar surface area (TPSA) is 93.2 Å². The molecule has 194 valence electrons. The van der Waals surface area contributed by atoms with Crippen LogP contribution in [-0.2, 0) is 31.9 Å². The van der Waals surface area contributed by atoms with E-state index < -0.39 is 11.9 Å². The van der Waals surface area contributed by atoms with Gasteiger partial charge in [0, 0.05) is 24.5 Å². The molecular formula is C30H28N2O6. The zero-order valence-electron chi connectivity index (χ0n) is 20.9. The highest BCUT2D eigenvalue weighted by atomic mass is 16.5. The number of para-hydroxylation sites is 2. The standard InChI is InChI=1S/C30H28N2O6/c33-27(31-17-5-9-21-7-1-3-11-25(21)31)19-37-29(35)23-13-15-24(16-14-23)30(36)38-20-28(34)32-18-6-10-22-8-2-4-12-26(22)32/h1-4,7-8,11-16H,5-6,9-10,17-20H2. The first-order chi connectivity index (χ1) is 18.5. The third-order valence-corrected chi connectivity index (χ3v) is 6.83. The summed E-state index contributed by atoms with van der Waals surface area (Å²) in [6.07, 6.45) is 3.53. The van der Waals surface area contributed by atoms with Crippen LogP contribution in [-0.4, -0.2) is 50.1 Å². The van der Waals surface area contributed by atoms with Crippen molar-refractivity contribution in [1.82, 2.24) is 0 Å². The Morgan fingerprint density at radius 3 is 1.39 bits per heavy atom. The SMILES string of the molecule is O=C(OCC(=O)N1CCCc2ccccc21)c1ccc(C(=O)OCC(=O)N2CCCc3ccccc32)cc1. The van der Waals surface area contributed by atoms with Crippen LogP contribution in [0.4, 0.5) is 11.4 Å². The van der Waals surface area contributed by atoms with Gasteiger partial charge in [0.2, 0.25) is 0 Å². The van der Waals surface area contributed by atoms with Crippen molar-refractivity contribution in [2.45, 2.75) is 25.7 Å². The van der Waals surface area contributed by atoms with Gasteiger partial charge in [0.1, 0.15) is 0 Å². The summed E-state index contributed by atoms with van der Waals surface area (Å²) >= 11 is 0. The molecule has 0 aliphatic carbocycles. The zero-order valence-corrected chi connectivity index (χ0v) is 20.9. The lowest BCUT2D eigenvalue weighted by Gasteiger charge is -2.29. The van der Waals surface area contributed by atoms with Gasteiger partial charge >= 0.3 is 11.9 Å². The van der Waals surface area contributed by atoms with Crippen molar-refractivity contribution in [1.29, 1.82) is 0 Å². The zero-order chi connectivity index (χ0) is 26.5. The fourth-order valence-electron chi connectivity index (χ4n) is 4.90. The Hall–Kier alpha value is -4.46. The number of hydrogen-bond acceptors (Lipinski definition) is 6. The molecule has 38 heavy (non-hydrogen) atoms. The molecule has 0 fully saturated rings. The largest absolute Gasteiger partial charge is 0.452 e. The molecule has 0 saturated carbocycles. The Balaban J connectivity index is 1.12. The number of benzene rings is 3. The van der Waals surface area contributed by atoms with E-state index in [1.54, 1.807) is 9.80 Å². The maximum atomic E-state index is 12.7. The van der Waals surface area contributed by atoms with Crippen LogP contribution in [0.5, 0.6) is 0 Å². The normalized spacial score (nSPS) is 14.2. The summed E-state index contributed by atoms with van der Waals surface area (Å²) in [5, 5.41) is 0. The average molecular weight is 513 g/mol. The van der Waals surface area contributed by atoms with E-state index in [0.717, 1.165) is 48.2 Å². The summed E-state index contributed by atoms with van der Waals surface area (Å²) < 4.78 is 10.5. The van der Waals surface area contributed by atoms with Crippen molar-refractivity contribution in [3.05, 3.63) is 95.1 Å². The fraction of sp³-hybridized carbons (Fsp3) is 0.267. The minimum absolute atomic E-state index is 0.203. The van der Waals surface area contributed by atoms with Gasteiger partial charge in [-0.3, -0.25) is 9.59 Å². The van der Waals surface area contributed by atoms with Crippen LogP contribution in [0.15, 0.2) is 72.8 Å². The van der Waals surface area contributed by atoms with Gasteiger partial charge in [-0.2, -0.15) is 0 Å². The second kappa shape index (κ2) is 11.3. The molecule has 0 saturated heterocycles. The van der Waals surface area contributed by atoms with Crippen LogP contribution in [0.2, 0.25) is 0 Å². The van der Waals surface area contributed by atoms with Crippen molar-refractivity contribution in [2.24, 2.45) is 0 Å². The molecule has 0 unspecified atom stereocenters. The van der Waals surface area contributed by atoms with Crippen molar-refractivity contribution in [3.8, 4) is 0 Å². The average Bonchev–Trinajstić information content (AvgIpc) is 2.97. The van der Waals surface area contributed by atoms with E-state index in [-0.39, 0.29) is 36.2 Å². The lowest BCUT2D eigenvalue weighted by Crippen LogP contribution is -2.38. The minimum atomic E-state index is -0.664. The molecule has 0 radical (unpaired) electrons. The third-order valence-electron chi connectivity index (χ3n) is 6.83. The summed E-state index contributed by atoms with van der Waals surface area (Å²) in [7, 11) is 0. The molecule has 0 aromatic heterocycles. The number of hydrogen-bond donors (Lipinski definition) is 0. The molecule has 0 N–H and O–H groups in total. The third kappa shape index (κ3) is 5.44. The first-order valence-electron chi connectivity index (χ1n) is 12.7. The molecule has 3 aromatic carbocycles. The molecule has 2 amide bonds. The van der Waals surface area contributed by atoms with E-state index in [1.165, 1.54) is 24.3 Å². The van der Waals surface area contributed by atoms with Gasteiger partial charge in [-0.1, -0.05) is 36.4 Å². The molecule has 2 heterocycles. The van der Waals surface area contributed by atoms with E-state index in [0.29, 0.717) is 13.1 Å². The van der Waals surface area contributed by atoms with Gasteiger partial charge in [-0.15, -0.1) is 0 Å². The molecule has 8 nitrogen and oxygen atoms in total. The quantitative estimate of drug-likeness (QED) is 0.464. The molecule has 2 aliphatic rings. The van der Waals surface area contributed by atoms with Crippen LogP contribution in [0.3, 0.4) is 0 Å². The summed E-state index contributed by atoms with van der Waals surface area (Å²) in [6, 6.07) is 21.2. The smallest absolute Gasteiger partial charge is 0.338 e. The molecule has 5 rings (SSSR count). The number of rotatable bonds is 6. The van der Waals surface area contributed by atoms with E-state index >= 15 is 0 Å². The number of anilines is 2. The van der Waals surface area contributed by atoms with E-state index in [4.69, 9.17) is 9.47 Å². The molecular weight excluding hydrogens is 484 g/mol. The number of esters is 2. The number of carbonyl (C=O) groups excluding carboxylic acids is 4. The van der Waals surface area contributed by atoms with Crippen LogP contribution in [0.25, 0.3) is 0 Å². The lowest BCUT2D eigenvalue weighted by molar-refractivity contribution is -0.122. The molecule has 0 atom stereocenters. The Bertz CT molecular complexity index is 1260. The highest BCUT2D eigenvalue weighted by molar-refractivity contribution is 5.99. The number of ether oxygens (including phenoxy) is 2. The second-order valence-electron chi connectivity index (χ2n) is 9.28. The second-order valence-corrected chi connectivity index (χ2v) is 9.28. The molecule has 0 spiro atoms. The first-order valence-corrected chi connectivity index (χ1v) is 12.7. The van der Waals surface area contributed by atoms with E-state index in [9.17, 15) is 19.2 Å². The monoisotopic (exact) mass is 512 g/mol. The van der Waals surface area contributed by atoms with Gasteiger partial charge in [-0.25, -0.2) is 9.59 Å². The lowest BCUT2D eigenvalue weighted by atomic mass is 10.0. The molecule has 0 bridgehead atoms. The van der Waals surface area contributed by atoms with E-state index in [2.05, 4.69) is 0 Å². The van der Waals surface area contributed by atoms with Crippen molar-refractivity contribution in [3.63, 3.8) is 0 Å². The molecule has 3 aromatic rings. The van der Waals surface area contributed by atoms with Crippen molar-refractivity contribution >= 4 is 35.1 Å². The Kier molecular flexibility index (Phi) is 7.49. The number of fused-ring (bicyclic) bond motifs is 2. The van der Waals surface area contributed by atoms with Gasteiger partial charge in [0.05, 0.1) is 11.1 Å². The number of aryl methyl sites for hydroxylation is 2. The highest BCUT2D eigenvalue weighted by Gasteiger charge is 2.25. The maximum Gasteiger partial charge on any atom is 0.338 e. The van der Waals surface area contributed by atoms with Crippen LogP contribution >= 0.6 is 0 Å². The van der Waals surface area contributed by atoms with Crippen LogP contribution in [0.1, 0.15) is 44.7 Å². The van der Waals surface area contributed by atoms with Gasteiger partial charge < -0.3 is 19.3 Å².